The molecular formula is C28H34N6O6. The topological polar surface area (TPSA) is 186 Å². The van der Waals surface area contributed by atoms with Gasteiger partial charge in [-0.1, -0.05) is 13.8 Å². The summed E-state index contributed by atoms with van der Waals surface area (Å²) < 4.78 is 6.54. The number of aryl methyl sites for hydroxylation is 2. The summed E-state index contributed by atoms with van der Waals surface area (Å²) in [5.41, 5.74) is 11.7. The third-order valence-corrected chi connectivity index (χ3v) is 7.19. The summed E-state index contributed by atoms with van der Waals surface area (Å²) >= 11 is 0. The van der Waals surface area contributed by atoms with Gasteiger partial charge in [-0.3, -0.25) is 9.59 Å². The molecule has 1 atom stereocenters. The highest BCUT2D eigenvalue weighted by Crippen LogP contribution is 2.38. The normalized spacial score (nSPS) is 15.4. The summed E-state index contributed by atoms with van der Waals surface area (Å²) in [5, 5.41) is 24.2. The van der Waals surface area contributed by atoms with E-state index in [0.717, 1.165) is 27.6 Å². The maximum Gasteiger partial charge on any atom is 0.340 e. The van der Waals surface area contributed by atoms with Crippen LogP contribution in [-0.4, -0.2) is 49.8 Å². The summed E-state index contributed by atoms with van der Waals surface area (Å²) in [4.78, 5) is 41.8. The first-order valence-corrected chi connectivity index (χ1v) is 13.0. The molecule has 7 N–H and O–H groups in total. The van der Waals surface area contributed by atoms with Gasteiger partial charge in [0.1, 0.15) is 13.2 Å². The number of benzene rings is 1. The van der Waals surface area contributed by atoms with Crippen LogP contribution in [0.25, 0.3) is 22.3 Å². The molecule has 5 rings (SSSR count). The Bertz CT molecular complexity index is 1590. The Hall–Kier alpha value is -4.26. The molecule has 2 aliphatic rings. The fourth-order valence-electron chi connectivity index (χ4n) is 4.92. The number of nitrogens with zero attached hydrogens (tertiary/aromatic N) is 3. The number of nitrogens with two attached hydrogens (primary N) is 2. The van der Waals surface area contributed by atoms with E-state index in [1.54, 1.807) is 10.6 Å². The number of amides is 1. The summed E-state index contributed by atoms with van der Waals surface area (Å²) in [5.74, 6) is 5.04. The number of cyclic esters (lactones) is 1. The van der Waals surface area contributed by atoms with Crippen LogP contribution in [0.5, 0.6) is 0 Å². The molecule has 2 aromatic heterocycles. The Kier molecular flexibility index (Phi) is 8.24. The van der Waals surface area contributed by atoms with Crippen LogP contribution < -0.4 is 22.5 Å². The Labute approximate surface area is 230 Å². The van der Waals surface area contributed by atoms with Gasteiger partial charge in [-0.05, 0) is 48.7 Å². The van der Waals surface area contributed by atoms with E-state index in [2.05, 4.69) is 5.32 Å². The lowest BCUT2D eigenvalue weighted by Gasteiger charge is -2.24. The molecule has 3 aromatic rings. The second-order valence-electron chi connectivity index (χ2n) is 9.46. The largest absolute Gasteiger partial charge is 0.458 e. The first kappa shape index (κ1) is 28.7. The molecule has 40 heavy (non-hydrogen) atoms. The van der Waals surface area contributed by atoms with E-state index in [0.29, 0.717) is 22.6 Å². The zero-order chi connectivity index (χ0) is 29.3. The van der Waals surface area contributed by atoms with Crippen molar-refractivity contribution < 1.29 is 24.5 Å². The van der Waals surface area contributed by atoms with Crippen LogP contribution in [0.3, 0.4) is 0 Å². The number of nitrogens with one attached hydrogen (secondary N) is 1. The van der Waals surface area contributed by atoms with Crippen LogP contribution in [0.15, 0.2) is 34.9 Å². The quantitative estimate of drug-likeness (QED) is 0.130. The minimum Gasteiger partial charge on any atom is -0.458 e. The van der Waals surface area contributed by atoms with Crippen LogP contribution in [0.2, 0.25) is 0 Å². The summed E-state index contributed by atoms with van der Waals surface area (Å²) in [6, 6.07) is 5.61. The number of hydrogen-bond acceptors (Lipinski definition) is 10. The van der Waals surface area contributed by atoms with Crippen LogP contribution in [0, 0.1) is 13.8 Å². The van der Waals surface area contributed by atoms with E-state index in [1.807, 2.05) is 39.8 Å². The number of aliphatic hydroxyl groups excluding tert-OH is 2. The fourth-order valence-corrected chi connectivity index (χ4v) is 4.92. The number of ether oxygens (including phenoxy) is 1. The highest BCUT2D eigenvalue weighted by atomic mass is 16.5. The third kappa shape index (κ3) is 4.92. The highest BCUT2D eigenvalue weighted by molar-refractivity contribution is 5.89. The van der Waals surface area contributed by atoms with Crippen molar-refractivity contribution in [1.29, 1.82) is 0 Å². The molecule has 212 valence electrons. The number of pyridine rings is 2. The molecule has 0 radical (unpaired) electrons. The van der Waals surface area contributed by atoms with Crippen LogP contribution >= 0.6 is 0 Å². The monoisotopic (exact) mass is 550 g/mol. The lowest BCUT2D eigenvalue weighted by Crippen LogP contribution is -2.38. The van der Waals surface area contributed by atoms with Crippen molar-refractivity contribution in [3.63, 3.8) is 0 Å². The molecule has 1 amide bonds. The number of hydrogen-bond donors (Lipinski definition) is 5. The van der Waals surface area contributed by atoms with Gasteiger partial charge in [0.2, 0.25) is 5.91 Å². The number of esters is 1. The molecule has 0 bridgehead atoms. The van der Waals surface area contributed by atoms with Crippen molar-refractivity contribution in [3.05, 3.63) is 73.8 Å². The molecule has 0 fully saturated rings. The Morgan fingerprint density at radius 3 is 2.60 bits per heavy atom. The van der Waals surface area contributed by atoms with Crippen molar-refractivity contribution in [2.45, 2.75) is 53.5 Å². The molecule has 4 heterocycles. The molecule has 2 aliphatic heterocycles. The van der Waals surface area contributed by atoms with E-state index in [1.165, 1.54) is 11.2 Å². The smallest absolute Gasteiger partial charge is 0.340 e. The molecule has 1 unspecified atom stereocenters. The predicted molar refractivity (Wildman–Crippen MR) is 148 cm³/mol. The first-order chi connectivity index (χ1) is 19.1. The fraction of sp³-hybridized carbons (Fsp3) is 0.357. The van der Waals surface area contributed by atoms with E-state index in [4.69, 9.17) is 26.4 Å². The molecular weight excluding hydrogens is 516 g/mol. The second kappa shape index (κ2) is 11.5. The van der Waals surface area contributed by atoms with Gasteiger partial charge in [0, 0.05) is 22.7 Å². The number of aliphatic hydroxyl groups is 2. The summed E-state index contributed by atoms with van der Waals surface area (Å²) in [7, 11) is 0. The van der Waals surface area contributed by atoms with Crippen LogP contribution in [-0.2, 0) is 34.0 Å². The molecule has 0 saturated heterocycles. The standard InChI is InChI=1S/C26H28N6O6.C2H6/c1-12-3-15-17(9-32(28)14(6-27)7-29-22(34)10-33)18-8-31-21(23(18)30-20(15)4-13(12)2)5-16-19(25(31)36)11-38-26(37)24(16)35;1-2/h3-6,24,33,35H,7-11,27-28H2,1-2H3,(H,29,34);1-2H3/b14-6-;. The maximum atomic E-state index is 13.4. The van der Waals surface area contributed by atoms with Gasteiger partial charge in [0.05, 0.1) is 47.8 Å². The average Bonchev–Trinajstić information content (AvgIpc) is 3.32. The molecule has 12 nitrogen and oxygen atoms in total. The number of hydrazine groups is 1. The van der Waals surface area contributed by atoms with Gasteiger partial charge < -0.3 is 35.6 Å². The van der Waals surface area contributed by atoms with Crippen molar-refractivity contribution in [2.24, 2.45) is 11.6 Å². The number of rotatable bonds is 6. The minimum absolute atomic E-state index is 0.00799. The lowest BCUT2D eigenvalue weighted by atomic mass is 9.96. The van der Waals surface area contributed by atoms with Gasteiger partial charge in [-0.2, -0.15) is 0 Å². The average molecular weight is 551 g/mol. The van der Waals surface area contributed by atoms with Crippen molar-refractivity contribution in [2.75, 3.05) is 13.2 Å². The number of aromatic nitrogens is 2. The number of carbonyl (C=O) groups is 2. The van der Waals surface area contributed by atoms with Crippen LogP contribution in [0.1, 0.15) is 53.3 Å². The predicted octanol–water partition coefficient (Wildman–Crippen LogP) is 0.743. The molecule has 0 aliphatic carbocycles. The van der Waals surface area contributed by atoms with Gasteiger partial charge in [-0.15, -0.1) is 0 Å². The third-order valence-electron chi connectivity index (χ3n) is 7.19. The molecule has 0 spiro atoms. The van der Waals surface area contributed by atoms with Crippen molar-refractivity contribution in [1.82, 2.24) is 19.9 Å². The maximum absolute atomic E-state index is 13.4. The zero-order valence-corrected chi connectivity index (χ0v) is 22.9. The summed E-state index contributed by atoms with van der Waals surface area (Å²) in [6.45, 7) is 7.50. The highest BCUT2D eigenvalue weighted by Gasteiger charge is 2.35. The van der Waals surface area contributed by atoms with E-state index in [9.17, 15) is 19.5 Å². The van der Waals surface area contributed by atoms with E-state index < -0.39 is 24.6 Å². The number of carbonyl (C=O) groups excluding carboxylic acids is 2. The van der Waals surface area contributed by atoms with E-state index >= 15 is 0 Å². The van der Waals surface area contributed by atoms with E-state index in [-0.39, 0.29) is 42.9 Å². The first-order valence-electron chi connectivity index (χ1n) is 13.0. The lowest BCUT2D eigenvalue weighted by molar-refractivity contribution is -0.157. The Balaban J connectivity index is 0.00000181. The summed E-state index contributed by atoms with van der Waals surface area (Å²) in [6.07, 6.45) is -0.264. The Morgan fingerprint density at radius 2 is 1.93 bits per heavy atom. The van der Waals surface area contributed by atoms with Gasteiger partial charge in [-0.25, -0.2) is 15.6 Å². The minimum atomic E-state index is -1.54. The van der Waals surface area contributed by atoms with Gasteiger partial charge >= 0.3 is 5.97 Å². The molecule has 1 aromatic carbocycles. The zero-order valence-electron chi connectivity index (χ0n) is 22.9. The second-order valence-corrected chi connectivity index (χ2v) is 9.46. The van der Waals surface area contributed by atoms with Crippen molar-refractivity contribution >= 4 is 22.8 Å². The van der Waals surface area contributed by atoms with Gasteiger partial charge in [0.25, 0.3) is 5.56 Å². The SMILES string of the molecule is CC.Cc1cc2nc3c(c(CN(N)/C(=C\N)CNC(=O)CO)c2cc1C)Cn1c-3cc2c(c1=O)COC(=O)C2O. The van der Waals surface area contributed by atoms with Gasteiger partial charge in [0.15, 0.2) is 6.10 Å². The Morgan fingerprint density at radius 1 is 1.23 bits per heavy atom. The number of fused-ring (bicyclic) bond motifs is 5. The van der Waals surface area contributed by atoms with Crippen molar-refractivity contribution in [3.8, 4) is 11.4 Å². The molecule has 12 heteroatoms. The van der Waals surface area contributed by atoms with Crippen LogP contribution in [0.4, 0.5) is 0 Å². The molecule has 0 saturated carbocycles.